The van der Waals surface area contributed by atoms with Gasteiger partial charge in [0.25, 0.3) is 0 Å². The Morgan fingerprint density at radius 2 is 1.22 bits per heavy atom. The second-order valence-corrected chi connectivity index (χ2v) is 13.0. The van der Waals surface area contributed by atoms with Gasteiger partial charge < -0.3 is 4.43 Å². The highest BCUT2D eigenvalue weighted by molar-refractivity contribution is 14.1. The van der Waals surface area contributed by atoms with Crippen molar-refractivity contribution in [3.63, 3.8) is 0 Å². The Labute approximate surface area is 175 Å². The van der Waals surface area contributed by atoms with Crippen LogP contribution in [0.25, 0.3) is 0 Å². The molecule has 0 atom stereocenters. The second-order valence-electron chi connectivity index (χ2n) is 7.56. The summed E-state index contributed by atoms with van der Waals surface area (Å²) in [5, 5.41) is 1.97. The summed E-state index contributed by atoms with van der Waals surface area (Å²) in [7, 11) is -2.86. The Hall–Kier alpha value is -1.92. The van der Waals surface area contributed by atoms with Crippen LogP contribution in [0.2, 0.25) is 5.04 Å². The molecule has 0 saturated carbocycles. The van der Waals surface area contributed by atoms with Crippen LogP contribution in [0.1, 0.15) is 31.1 Å². The first-order valence-corrected chi connectivity index (χ1v) is 11.9. The van der Waals surface area contributed by atoms with Gasteiger partial charge in [0.1, 0.15) is 0 Å². The highest BCUT2D eigenvalue weighted by atomic mass is 127. The summed E-state index contributed by atoms with van der Waals surface area (Å²) < 4.78 is 7.59. The highest BCUT2D eigenvalue weighted by Gasteiger charge is 2.53. The summed E-state index contributed by atoms with van der Waals surface area (Å²) >= 11 is 2.24. The van der Waals surface area contributed by atoms with Gasteiger partial charge in [-0.15, -0.1) is 0 Å². The minimum atomic E-state index is -2.86. The van der Waals surface area contributed by atoms with Gasteiger partial charge in [-0.25, -0.2) is 4.79 Å². The molecule has 0 fully saturated rings. The predicted molar refractivity (Wildman–Crippen MR) is 122 cm³/mol. The van der Waals surface area contributed by atoms with Crippen molar-refractivity contribution in [1.29, 1.82) is 0 Å². The Morgan fingerprint density at radius 3 is 1.63 bits per heavy atom. The lowest BCUT2D eigenvalue weighted by molar-refractivity contribution is 0.0719. The summed E-state index contributed by atoms with van der Waals surface area (Å²) in [6.07, 6.45) is 0. The standard InChI is InChI=1S/C23H23IO2Si/c1-23(2,3)27(20-10-6-4-7-11-20,21-12-8-5-9-13-21)26-22(25)18-14-16-19(24)17-15-18/h4-17H,1-3H3. The van der Waals surface area contributed by atoms with Crippen LogP contribution in [0.5, 0.6) is 0 Å². The third-order valence-corrected chi connectivity index (χ3v) is 10.4. The molecule has 0 aliphatic heterocycles. The van der Waals surface area contributed by atoms with Gasteiger partial charge in [0.05, 0.1) is 5.56 Å². The van der Waals surface area contributed by atoms with Gasteiger partial charge in [-0.3, -0.25) is 0 Å². The molecule has 0 heterocycles. The zero-order valence-corrected chi connectivity index (χ0v) is 18.9. The Kier molecular flexibility index (Phi) is 5.86. The van der Waals surface area contributed by atoms with Crippen LogP contribution in [-0.4, -0.2) is 14.3 Å². The van der Waals surface area contributed by atoms with Crippen LogP contribution in [-0.2, 0) is 4.43 Å². The molecule has 0 unspecified atom stereocenters. The summed E-state index contributed by atoms with van der Waals surface area (Å²) in [6.45, 7) is 6.50. The molecule has 0 radical (unpaired) electrons. The van der Waals surface area contributed by atoms with E-state index in [-0.39, 0.29) is 11.0 Å². The van der Waals surface area contributed by atoms with Crippen LogP contribution in [0.3, 0.4) is 0 Å². The van der Waals surface area contributed by atoms with Crippen molar-refractivity contribution in [2.45, 2.75) is 25.8 Å². The van der Waals surface area contributed by atoms with E-state index in [1.165, 1.54) is 0 Å². The Bertz CT molecular complexity index is 861. The highest BCUT2D eigenvalue weighted by Crippen LogP contribution is 2.37. The van der Waals surface area contributed by atoms with E-state index in [2.05, 4.69) is 67.6 Å². The largest absolute Gasteiger partial charge is 0.506 e. The van der Waals surface area contributed by atoms with E-state index < -0.39 is 8.32 Å². The molecule has 27 heavy (non-hydrogen) atoms. The molecule has 0 bridgehead atoms. The maximum absolute atomic E-state index is 13.2. The van der Waals surface area contributed by atoms with E-state index in [1.807, 2.05) is 60.7 Å². The average molecular weight is 486 g/mol. The maximum Gasteiger partial charge on any atom is 0.325 e. The molecule has 0 N–H and O–H groups in total. The predicted octanol–water partition coefficient (Wildman–Crippen LogP) is 5.01. The molecule has 0 aliphatic carbocycles. The SMILES string of the molecule is CC(C)(C)[Si](OC(=O)c1ccc(I)cc1)(c1ccccc1)c1ccccc1. The number of carbonyl (C=O) groups is 1. The van der Waals surface area contributed by atoms with Crippen molar-refractivity contribution < 1.29 is 9.22 Å². The first-order valence-electron chi connectivity index (χ1n) is 8.94. The first kappa shape index (κ1) is 19.8. The third kappa shape index (κ3) is 4.01. The molecule has 0 spiro atoms. The molecular weight excluding hydrogens is 463 g/mol. The van der Waals surface area contributed by atoms with Gasteiger partial charge in [0.15, 0.2) is 0 Å². The minimum absolute atomic E-state index is 0.228. The van der Waals surface area contributed by atoms with Crippen LogP contribution < -0.4 is 10.4 Å². The van der Waals surface area contributed by atoms with Crippen molar-refractivity contribution in [2.24, 2.45) is 0 Å². The van der Waals surface area contributed by atoms with Gasteiger partial charge in [-0.1, -0.05) is 81.4 Å². The molecule has 0 aromatic heterocycles. The molecule has 0 aliphatic rings. The number of benzene rings is 3. The number of hydrogen-bond donors (Lipinski definition) is 0. The zero-order valence-electron chi connectivity index (χ0n) is 15.8. The van der Waals surface area contributed by atoms with Crippen molar-refractivity contribution in [2.75, 3.05) is 0 Å². The molecule has 138 valence electrons. The first-order chi connectivity index (χ1) is 12.8. The molecule has 2 nitrogen and oxygen atoms in total. The lowest BCUT2D eigenvalue weighted by atomic mass is 10.2. The fourth-order valence-electron chi connectivity index (χ4n) is 3.43. The topological polar surface area (TPSA) is 26.3 Å². The lowest BCUT2D eigenvalue weighted by Crippen LogP contribution is -2.67. The van der Waals surface area contributed by atoms with E-state index in [4.69, 9.17) is 4.43 Å². The van der Waals surface area contributed by atoms with Crippen molar-refractivity contribution in [3.8, 4) is 0 Å². The molecule has 3 rings (SSSR count). The summed E-state index contributed by atoms with van der Waals surface area (Å²) in [5.74, 6) is -0.263. The normalized spacial score (nSPS) is 11.9. The third-order valence-electron chi connectivity index (χ3n) is 4.74. The number of hydrogen-bond acceptors (Lipinski definition) is 2. The Balaban J connectivity index is 2.17. The monoisotopic (exact) mass is 486 g/mol. The lowest BCUT2D eigenvalue weighted by Gasteiger charge is -2.42. The van der Waals surface area contributed by atoms with Crippen LogP contribution in [0.15, 0.2) is 84.9 Å². The van der Waals surface area contributed by atoms with Gasteiger partial charge in [-0.2, -0.15) is 0 Å². The maximum atomic E-state index is 13.2. The summed E-state index contributed by atoms with van der Waals surface area (Å²) in [5.41, 5.74) is 0.586. The molecule has 0 amide bonds. The van der Waals surface area contributed by atoms with Crippen LogP contribution in [0.4, 0.5) is 0 Å². The smallest absolute Gasteiger partial charge is 0.325 e. The zero-order chi connectivity index (χ0) is 19.5. The van der Waals surface area contributed by atoms with Crippen LogP contribution in [0, 0.1) is 3.57 Å². The Morgan fingerprint density at radius 1 is 0.778 bits per heavy atom. The van der Waals surface area contributed by atoms with Crippen molar-refractivity contribution in [3.05, 3.63) is 94.1 Å². The van der Waals surface area contributed by atoms with E-state index in [0.717, 1.165) is 13.9 Å². The van der Waals surface area contributed by atoms with Crippen molar-refractivity contribution >= 4 is 47.3 Å². The van der Waals surface area contributed by atoms with E-state index in [1.54, 1.807) is 0 Å². The van der Waals surface area contributed by atoms with E-state index >= 15 is 0 Å². The number of carbonyl (C=O) groups excluding carboxylic acids is 1. The van der Waals surface area contributed by atoms with E-state index in [9.17, 15) is 4.79 Å². The molecule has 0 saturated heterocycles. The van der Waals surface area contributed by atoms with Gasteiger partial charge in [0.2, 0.25) is 0 Å². The fraction of sp³-hybridized carbons (Fsp3) is 0.174. The summed E-state index contributed by atoms with van der Waals surface area (Å²) in [4.78, 5) is 13.2. The minimum Gasteiger partial charge on any atom is -0.506 e. The van der Waals surface area contributed by atoms with Gasteiger partial charge >= 0.3 is 14.3 Å². The van der Waals surface area contributed by atoms with Gasteiger partial charge in [-0.05, 0) is 62.3 Å². The molecule has 4 heteroatoms. The van der Waals surface area contributed by atoms with E-state index in [0.29, 0.717) is 5.56 Å². The summed E-state index contributed by atoms with van der Waals surface area (Å²) in [6, 6.07) is 28.0. The fourth-order valence-corrected chi connectivity index (χ4v) is 8.12. The number of halogens is 1. The quantitative estimate of drug-likeness (QED) is 0.383. The van der Waals surface area contributed by atoms with Crippen molar-refractivity contribution in [1.82, 2.24) is 0 Å². The average Bonchev–Trinajstić information content (AvgIpc) is 2.67. The molecule has 3 aromatic carbocycles. The molecule has 3 aromatic rings. The van der Waals surface area contributed by atoms with Gasteiger partial charge in [0, 0.05) is 3.57 Å². The van der Waals surface area contributed by atoms with Crippen LogP contribution >= 0.6 is 22.6 Å². The number of rotatable bonds is 4. The molecular formula is C23H23IO2Si. The second kappa shape index (κ2) is 7.98.